The first-order valence-corrected chi connectivity index (χ1v) is 7.86. The average Bonchev–Trinajstić information content (AvgIpc) is 2.15. The van der Waals surface area contributed by atoms with Crippen LogP contribution in [0.5, 0.6) is 0 Å². The summed E-state index contributed by atoms with van der Waals surface area (Å²) in [5.41, 5.74) is 0. The highest BCUT2D eigenvalue weighted by Gasteiger charge is 2.19. The summed E-state index contributed by atoms with van der Waals surface area (Å²) < 4.78 is 11.0. The van der Waals surface area contributed by atoms with Gasteiger partial charge in [0.05, 0.1) is 0 Å². The SMILES string of the molecule is CC1CCCC(NC(C)CCS(C)=O)C1. The van der Waals surface area contributed by atoms with Crippen molar-refractivity contribution in [3.8, 4) is 0 Å². The molecule has 1 aliphatic carbocycles. The number of nitrogens with one attached hydrogen (secondary N) is 1. The zero-order valence-electron chi connectivity index (χ0n) is 10.3. The minimum absolute atomic E-state index is 0.518. The Hall–Kier alpha value is 0.110. The maximum absolute atomic E-state index is 11.0. The Morgan fingerprint density at radius 1 is 1.47 bits per heavy atom. The molecule has 0 spiro atoms. The van der Waals surface area contributed by atoms with Crippen molar-refractivity contribution < 1.29 is 4.21 Å². The van der Waals surface area contributed by atoms with Crippen molar-refractivity contribution in [3.05, 3.63) is 0 Å². The van der Waals surface area contributed by atoms with Gasteiger partial charge in [-0.3, -0.25) is 4.21 Å². The van der Waals surface area contributed by atoms with E-state index in [0.29, 0.717) is 12.1 Å². The Bertz CT molecular complexity index is 208. The molecule has 0 aromatic rings. The molecule has 0 aliphatic heterocycles. The molecule has 3 heteroatoms. The van der Waals surface area contributed by atoms with Crippen molar-refractivity contribution in [3.63, 3.8) is 0 Å². The zero-order chi connectivity index (χ0) is 11.3. The van der Waals surface area contributed by atoms with Crippen LogP contribution in [0.3, 0.4) is 0 Å². The van der Waals surface area contributed by atoms with Gasteiger partial charge in [0.2, 0.25) is 0 Å². The first kappa shape index (κ1) is 13.2. The summed E-state index contributed by atoms with van der Waals surface area (Å²) in [5, 5.41) is 3.67. The van der Waals surface area contributed by atoms with Crippen LogP contribution in [0.1, 0.15) is 46.0 Å². The minimum atomic E-state index is -0.640. The van der Waals surface area contributed by atoms with Crippen molar-refractivity contribution >= 4 is 10.8 Å². The van der Waals surface area contributed by atoms with E-state index in [1.54, 1.807) is 6.26 Å². The Kier molecular flexibility index (Phi) is 5.83. The lowest BCUT2D eigenvalue weighted by Crippen LogP contribution is -2.39. The standard InChI is InChI=1S/C12H25NOS/c1-10-5-4-6-12(9-10)13-11(2)7-8-15(3)14/h10-13H,4-9H2,1-3H3. The van der Waals surface area contributed by atoms with Gasteiger partial charge in [0.25, 0.3) is 0 Å². The number of hydrogen-bond acceptors (Lipinski definition) is 2. The quantitative estimate of drug-likeness (QED) is 0.787. The summed E-state index contributed by atoms with van der Waals surface area (Å²) in [6, 6.07) is 1.22. The molecular weight excluding hydrogens is 206 g/mol. The summed E-state index contributed by atoms with van der Waals surface area (Å²) >= 11 is 0. The van der Waals surface area contributed by atoms with Gasteiger partial charge < -0.3 is 5.32 Å². The lowest BCUT2D eigenvalue weighted by molar-refractivity contribution is 0.282. The van der Waals surface area contributed by atoms with E-state index in [4.69, 9.17) is 0 Å². The molecule has 4 atom stereocenters. The molecule has 0 bridgehead atoms. The molecule has 4 unspecified atom stereocenters. The Morgan fingerprint density at radius 2 is 2.20 bits per heavy atom. The first-order chi connectivity index (χ1) is 7.08. The molecule has 1 saturated carbocycles. The van der Waals surface area contributed by atoms with E-state index in [0.717, 1.165) is 18.1 Å². The maximum atomic E-state index is 11.0. The third-order valence-corrected chi connectivity index (χ3v) is 4.11. The molecular formula is C12H25NOS. The second-order valence-corrected chi connectivity index (χ2v) is 6.66. The molecule has 15 heavy (non-hydrogen) atoms. The van der Waals surface area contributed by atoms with Gasteiger partial charge in [0.1, 0.15) is 0 Å². The van der Waals surface area contributed by atoms with Crippen molar-refractivity contribution in [2.75, 3.05) is 12.0 Å². The van der Waals surface area contributed by atoms with E-state index in [2.05, 4.69) is 19.2 Å². The molecule has 0 saturated heterocycles. The van der Waals surface area contributed by atoms with E-state index in [9.17, 15) is 4.21 Å². The maximum Gasteiger partial charge on any atom is 0.0246 e. The lowest BCUT2D eigenvalue weighted by atomic mass is 9.87. The minimum Gasteiger partial charge on any atom is -0.311 e. The van der Waals surface area contributed by atoms with Gasteiger partial charge in [0.15, 0.2) is 0 Å². The third-order valence-electron chi connectivity index (χ3n) is 3.29. The first-order valence-electron chi connectivity index (χ1n) is 6.14. The summed E-state index contributed by atoms with van der Waals surface area (Å²) in [7, 11) is -0.640. The monoisotopic (exact) mass is 231 g/mol. The molecule has 0 aromatic heterocycles. The van der Waals surface area contributed by atoms with E-state index >= 15 is 0 Å². The average molecular weight is 231 g/mol. The van der Waals surface area contributed by atoms with Gasteiger partial charge in [-0.05, 0) is 32.1 Å². The highest BCUT2D eigenvalue weighted by atomic mass is 32.2. The van der Waals surface area contributed by atoms with Gasteiger partial charge in [-0.25, -0.2) is 0 Å². The fourth-order valence-electron chi connectivity index (χ4n) is 2.41. The summed E-state index contributed by atoms with van der Waals surface area (Å²) in [6.45, 7) is 4.56. The van der Waals surface area contributed by atoms with Gasteiger partial charge in [0, 0.05) is 34.9 Å². The number of hydrogen-bond donors (Lipinski definition) is 1. The van der Waals surface area contributed by atoms with Crippen LogP contribution in [0, 0.1) is 5.92 Å². The Morgan fingerprint density at radius 3 is 2.80 bits per heavy atom. The van der Waals surface area contributed by atoms with Gasteiger partial charge >= 0.3 is 0 Å². The Labute approximate surface area is 96.7 Å². The van der Waals surface area contributed by atoms with Crippen molar-refractivity contribution in [2.45, 2.75) is 58.0 Å². The van der Waals surface area contributed by atoms with Crippen LogP contribution in [-0.4, -0.2) is 28.3 Å². The van der Waals surface area contributed by atoms with Crippen LogP contribution < -0.4 is 5.32 Å². The third kappa shape index (κ3) is 5.67. The molecule has 1 aliphatic rings. The molecule has 0 amide bonds. The molecule has 2 nitrogen and oxygen atoms in total. The van der Waals surface area contributed by atoms with Crippen LogP contribution in [0.2, 0.25) is 0 Å². The van der Waals surface area contributed by atoms with Gasteiger partial charge in [-0.2, -0.15) is 0 Å². The van der Waals surface area contributed by atoms with Crippen LogP contribution in [0.4, 0.5) is 0 Å². The second kappa shape index (κ2) is 6.64. The van der Waals surface area contributed by atoms with E-state index in [-0.39, 0.29) is 0 Å². The van der Waals surface area contributed by atoms with Crippen molar-refractivity contribution in [1.29, 1.82) is 0 Å². The van der Waals surface area contributed by atoms with E-state index < -0.39 is 10.8 Å². The van der Waals surface area contributed by atoms with E-state index in [1.807, 2.05) is 0 Å². The lowest BCUT2D eigenvalue weighted by Gasteiger charge is -2.30. The Balaban J connectivity index is 2.18. The molecule has 90 valence electrons. The predicted molar refractivity (Wildman–Crippen MR) is 67.6 cm³/mol. The molecule has 0 aromatic carbocycles. The van der Waals surface area contributed by atoms with Crippen molar-refractivity contribution in [2.24, 2.45) is 5.92 Å². The van der Waals surface area contributed by atoms with E-state index in [1.165, 1.54) is 25.7 Å². The molecule has 1 N–H and O–H groups in total. The highest BCUT2D eigenvalue weighted by molar-refractivity contribution is 7.84. The highest BCUT2D eigenvalue weighted by Crippen LogP contribution is 2.23. The summed E-state index contributed by atoms with van der Waals surface area (Å²) in [6.07, 6.45) is 8.23. The number of rotatable bonds is 5. The molecule has 1 fully saturated rings. The van der Waals surface area contributed by atoms with Crippen molar-refractivity contribution in [1.82, 2.24) is 5.32 Å². The van der Waals surface area contributed by atoms with Gasteiger partial charge in [-0.1, -0.05) is 19.8 Å². The zero-order valence-corrected chi connectivity index (χ0v) is 11.1. The second-order valence-electron chi connectivity index (χ2n) is 5.10. The summed E-state index contributed by atoms with van der Waals surface area (Å²) in [5.74, 6) is 1.71. The van der Waals surface area contributed by atoms with Crippen LogP contribution in [0.15, 0.2) is 0 Å². The van der Waals surface area contributed by atoms with Crippen LogP contribution in [-0.2, 0) is 10.8 Å². The largest absolute Gasteiger partial charge is 0.311 e. The van der Waals surface area contributed by atoms with Crippen LogP contribution >= 0.6 is 0 Å². The topological polar surface area (TPSA) is 29.1 Å². The smallest absolute Gasteiger partial charge is 0.0246 e. The molecule has 0 heterocycles. The van der Waals surface area contributed by atoms with Gasteiger partial charge in [-0.15, -0.1) is 0 Å². The fourth-order valence-corrected chi connectivity index (χ4v) is 3.10. The molecule has 1 rings (SSSR count). The predicted octanol–water partition coefficient (Wildman–Crippen LogP) is 2.31. The van der Waals surface area contributed by atoms with Crippen LogP contribution in [0.25, 0.3) is 0 Å². The fraction of sp³-hybridized carbons (Fsp3) is 1.00. The summed E-state index contributed by atoms with van der Waals surface area (Å²) in [4.78, 5) is 0. The molecule has 0 radical (unpaired) electrons. The normalized spacial score (nSPS) is 31.1.